The Morgan fingerprint density at radius 3 is 1.04 bits per heavy atom. The molecule has 0 N–H and O–H groups in total. The van der Waals surface area contributed by atoms with E-state index in [4.69, 9.17) is 0 Å². The standard InChI is InChI=1S/2C24H29.C3H6.2ClH.Hf/c2*1-16-11-17-9-8-10-21(22(17)12-16)18-13-19(23(2,3)4)15-20(14-18)24(5,6)7;1-3-2;;;/h2*8-15H,1-7H3;1-3H2;2*1H;. The van der Waals surface area contributed by atoms with Crippen LogP contribution in [0.15, 0.2) is 83.9 Å². The van der Waals surface area contributed by atoms with Gasteiger partial charge < -0.3 is 0 Å². The first-order valence-corrected chi connectivity index (χ1v) is 29.3. The van der Waals surface area contributed by atoms with Gasteiger partial charge in [0.1, 0.15) is 0 Å². The first kappa shape index (κ1) is 42.9. The third kappa shape index (κ3) is 7.50. The maximum atomic E-state index is 2.62. The number of hydrogen-bond donors (Lipinski definition) is 0. The number of allylic oxidation sites excluding steroid dienone is 2. The van der Waals surface area contributed by atoms with Crippen molar-refractivity contribution in [2.75, 3.05) is 0 Å². The van der Waals surface area contributed by atoms with E-state index in [1.54, 1.807) is 22.3 Å². The first-order chi connectivity index (χ1) is 24.1. The monoisotopic (exact) mass is 928 g/mol. The second-order valence-electron chi connectivity index (χ2n) is 20.9. The van der Waals surface area contributed by atoms with Crippen LogP contribution in [0.1, 0.15) is 155 Å². The van der Waals surface area contributed by atoms with Gasteiger partial charge in [-0.05, 0) is 0 Å². The van der Waals surface area contributed by atoms with Crippen molar-refractivity contribution in [2.24, 2.45) is 0 Å². The molecule has 3 aliphatic rings. The molecule has 0 radical (unpaired) electrons. The molecule has 2 aliphatic carbocycles. The maximum absolute atomic E-state index is 3.07. The van der Waals surface area contributed by atoms with Gasteiger partial charge in [-0.1, -0.05) is 0 Å². The fourth-order valence-electron chi connectivity index (χ4n) is 9.76. The van der Waals surface area contributed by atoms with E-state index in [2.05, 4.69) is 182 Å². The van der Waals surface area contributed by atoms with Gasteiger partial charge in [-0.25, -0.2) is 0 Å². The number of halogens is 2. The van der Waals surface area contributed by atoms with Gasteiger partial charge in [0.25, 0.3) is 0 Å². The Bertz CT molecular complexity index is 1920. The minimum Gasteiger partial charge on any atom is -0.147 e. The molecule has 0 nitrogen and oxygen atoms in total. The molecule has 3 heteroatoms. The smallest absolute Gasteiger partial charge is 0.147 e. The fourth-order valence-corrected chi connectivity index (χ4v) is 32.7. The first-order valence-electron chi connectivity index (χ1n) is 20.0. The molecule has 288 valence electrons. The Hall–Kier alpha value is -2.19. The largest absolute Gasteiger partial charge is 0.147 e. The van der Waals surface area contributed by atoms with E-state index >= 15 is 0 Å². The van der Waals surface area contributed by atoms with Crippen LogP contribution in [-0.4, -0.2) is 0 Å². The Morgan fingerprint density at radius 2 is 0.778 bits per heavy atom. The third-order valence-electron chi connectivity index (χ3n) is 12.9. The van der Waals surface area contributed by atoms with Crippen LogP contribution >= 0.6 is 24.8 Å². The molecule has 0 saturated carbocycles. The number of fused-ring (bicyclic) bond motifs is 2. The van der Waals surface area contributed by atoms with Crippen LogP contribution in [0.4, 0.5) is 0 Å². The van der Waals surface area contributed by atoms with Crippen molar-refractivity contribution < 1.29 is 20.0 Å². The Labute approximate surface area is 345 Å². The normalized spacial score (nSPS) is 19.1. The summed E-state index contributed by atoms with van der Waals surface area (Å²) < 4.78 is 4.27. The zero-order valence-electron chi connectivity index (χ0n) is 35.7. The van der Waals surface area contributed by atoms with Gasteiger partial charge in [-0.2, -0.15) is 0 Å². The molecular weight excluding hydrogens is 862 g/mol. The Kier molecular flexibility index (Phi) is 11.6. The number of hydrogen-bond acceptors (Lipinski definition) is 0. The van der Waals surface area contributed by atoms with Gasteiger partial charge in [0.2, 0.25) is 0 Å². The molecule has 4 aromatic rings. The summed E-state index contributed by atoms with van der Waals surface area (Å²) in [5.41, 5.74) is 21.3. The summed E-state index contributed by atoms with van der Waals surface area (Å²) in [5.74, 6) is 0. The van der Waals surface area contributed by atoms with Crippen molar-refractivity contribution in [3.05, 3.63) is 128 Å². The minimum atomic E-state index is -3.07. The molecular formula is C51H66Cl2Hf. The van der Waals surface area contributed by atoms with Crippen LogP contribution in [0.2, 0.25) is 8.35 Å². The van der Waals surface area contributed by atoms with Gasteiger partial charge in [0, 0.05) is 0 Å². The summed E-state index contributed by atoms with van der Waals surface area (Å²) in [7, 11) is 0. The van der Waals surface area contributed by atoms with Crippen LogP contribution in [0.3, 0.4) is 0 Å². The van der Waals surface area contributed by atoms with E-state index in [0.717, 1.165) is 0 Å². The van der Waals surface area contributed by atoms with Crippen LogP contribution in [-0.2, 0) is 41.6 Å². The van der Waals surface area contributed by atoms with Gasteiger partial charge >= 0.3 is 324 Å². The van der Waals surface area contributed by atoms with Crippen molar-refractivity contribution in [1.29, 1.82) is 0 Å². The second-order valence-corrected chi connectivity index (χ2v) is 37.5. The molecule has 2 unspecified atom stereocenters. The fraction of sp³-hybridized carbons (Fsp3) is 0.451. The van der Waals surface area contributed by atoms with Crippen molar-refractivity contribution in [2.45, 2.75) is 141 Å². The molecule has 54 heavy (non-hydrogen) atoms. The third-order valence-corrected chi connectivity index (χ3v) is 35.9. The Morgan fingerprint density at radius 1 is 0.463 bits per heavy atom. The zero-order valence-corrected chi connectivity index (χ0v) is 40.9. The molecule has 7 rings (SSSR count). The minimum absolute atomic E-state index is 0. The van der Waals surface area contributed by atoms with E-state index in [-0.39, 0.29) is 46.5 Å². The van der Waals surface area contributed by atoms with Crippen LogP contribution in [0.5, 0.6) is 0 Å². The Balaban J connectivity index is 0.00000280. The molecule has 2 atom stereocenters. The van der Waals surface area contributed by atoms with E-state index < -0.39 is 20.0 Å². The summed E-state index contributed by atoms with van der Waals surface area (Å²) in [4.78, 5) is 0. The maximum Gasteiger partial charge on any atom is -0.147 e. The van der Waals surface area contributed by atoms with E-state index in [1.807, 2.05) is 0 Å². The number of rotatable bonds is 4. The molecule has 1 heterocycles. The molecule has 4 aromatic carbocycles. The second kappa shape index (κ2) is 14.6. The van der Waals surface area contributed by atoms with Crippen LogP contribution in [0.25, 0.3) is 34.4 Å². The summed E-state index contributed by atoms with van der Waals surface area (Å²) in [5, 5.41) is 0. The summed E-state index contributed by atoms with van der Waals surface area (Å²) >= 11 is -3.07. The summed E-state index contributed by atoms with van der Waals surface area (Å²) in [6, 6.07) is 29.5. The molecule has 0 aromatic heterocycles. The quantitative estimate of drug-likeness (QED) is 0.179. The van der Waals surface area contributed by atoms with Crippen LogP contribution in [0, 0.1) is 0 Å². The zero-order chi connectivity index (χ0) is 37.8. The van der Waals surface area contributed by atoms with Gasteiger partial charge in [0.05, 0.1) is 0 Å². The van der Waals surface area contributed by atoms with Gasteiger partial charge in [-0.3, -0.25) is 0 Å². The van der Waals surface area contributed by atoms with Crippen molar-refractivity contribution in [3.63, 3.8) is 0 Å². The van der Waals surface area contributed by atoms with Gasteiger partial charge in [-0.15, -0.1) is 24.8 Å². The topological polar surface area (TPSA) is 0 Å². The molecule has 0 spiro atoms. The van der Waals surface area contributed by atoms with Crippen molar-refractivity contribution in [1.82, 2.24) is 0 Å². The molecule has 1 aliphatic heterocycles. The molecule has 0 bridgehead atoms. The van der Waals surface area contributed by atoms with E-state index in [1.165, 1.54) is 70.4 Å². The predicted octanol–water partition coefficient (Wildman–Crippen LogP) is 16.1. The predicted molar refractivity (Wildman–Crippen MR) is 240 cm³/mol. The molecule has 1 saturated heterocycles. The van der Waals surface area contributed by atoms with Crippen molar-refractivity contribution in [3.8, 4) is 22.3 Å². The van der Waals surface area contributed by atoms with E-state index in [0.29, 0.717) is 7.35 Å². The van der Waals surface area contributed by atoms with E-state index in [9.17, 15) is 0 Å². The van der Waals surface area contributed by atoms with Crippen molar-refractivity contribution >= 4 is 37.0 Å². The molecule has 0 amide bonds. The van der Waals surface area contributed by atoms with Crippen LogP contribution < -0.4 is 0 Å². The average molecular weight is 928 g/mol. The van der Waals surface area contributed by atoms with Gasteiger partial charge in [0.15, 0.2) is 0 Å². The number of benzene rings is 4. The SMILES string of the molecule is CC1=Cc2c(-c3cc(C(C)(C)C)cc(C(C)(C)C)c3)cccc2[CH]1[Hf]1([CH]2C(C)=Cc3c(-c4cc(C(C)(C)C)cc(C(C)(C)C)c4)cccc32)[CH2]C[CH2]1.Cl.Cl. The molecule has 1 fully saturated rings. The summed E-state index contributed by atoms with van der Waals surface area (Å²) in [6.45, 7) is 33.2. The average Bonchev–Trinajstić information content (AvgIpc) is 3.54. The summed E-state index contributed by atoms with van der Waals surface area (Å²) in [6.07, 6.45) is 6.64.